The zero-order valence-corrected chi connectivity index (χ0v) is 54.3. The van der Waals surface area contributed by atoms with Gasteiger partial charge in [0, 0.05) is 12.5 Å². The summed E-state index contributed by atoms with van der Waals surface area (Å²) < 4.78 is 6.87. The van der Waals surface area contributed by atoms with Crippen LogP contribution in [0.3, 0.4) is 0 Å². The van der Waals surface area contributed by atoms with Gasteiger partial charge in [0.15, 0.2) is 52.3 Å². The number of hydrogen-bond acceptors (Lipinski definition) is 14. The normalized spacial score (nSPS) is 15.0. The van der Waals surface area contributed by atoms with Crippen molar-refractivity contribution in [3.63, 3.8) is 0 Å². The quantitative estimate of drug-likeness (QED) is 0.128. The summed E-state index contributed by atoms with van der Waals surface area (Å²) in [5.41, 5.74) is 13.1. The van der Waals surface area contributed by atoms with Crippen molar-refractivity contribution >= 4 is 221 Å². The molecule has 29 heteroatoms. The number of anilines is 2. The number of nitrogens with zero attached hydrogens (tertiary/aromatic N) is 10. The van der Waals surface area contributed by atoms with Crippen molar-refractivity contribution in [2.45, 2.75) is 38.7 Å². The van der Waals surface area contributed by atoms with Crippen LogP contribution in [0.2, 0.25) is 0 Å². The van der Waals surface area contributed by atoms with E-state index in [1.54, 1.807) is 50.7 Å². The maximum absolute atomic E-state index is 6.00. The summed E-state index contributed by atoms with van der Waals surface area (Å²) in [5, 5.41) is 0. The molecule has 4 heterocycles. The number of fused-ring (bicyclic) bond motifs is 2. The molecular weight excluding hydrogens is 1380 g/mol. The lowest BCUT2D eigenvalue weighted by atomic mass is 9.92. The SMILES string of the molecule is CCN1C(=CC=Cc2nc(C(Cl)(Cl)Cl)nc(C(Cl)(Cl)Cl)n2)Oc2ccccc21.COc1ccc(C2=C(C=Cc3nc(C(Cl)(Cl)Cl)nc(C(Cl)(Cl)Cl)n3)c3ccccc3C2C)cc1.COc1ccc(C=Cc2nc(N)nc(C(Cl)(Cl)Cl)n2)cc1. The Morgan fingerprint density at radius 3 is 1.47 bits per heavy atom. The van der Waals surface area contributed by atoms with E-state index in [4.69, 9.17) is 194 Å². The minimum Gasteiger partial charge on any atom is -0.497 e. The Kier molecular flexibility index (Phi) is 22.6. The van der Waals surface area contributed by atoms with Crippen LogP contribution in [-0.2, 0) is 19.0 Å². The Morgan fingerprint density at radius 2 is 0.964 bits per heavy atom. The van der Waals surface area contributed by atoms with Gasteiger partial charge in [-0.1, -0.05) is 260 Å². The first-order valence-electron chi connectivity index (χ1n) is 23.8. The van der Waals surface area contributed by atoms with Crippen LogP contribution in [0.4, 0.5) is 11.6 Å². The molecule has 0 radical (unpaired) electrons. The van der Waals surface area contributed by atoms with Gasteiger partial charge in [0.2, 0.25) is 30.8 Å². The van der Waals surface area contributed by atoms with Crippen LogP contribution in [0.1, 0.15) is 88.6 Å². The molecule has 83 heavy (non-hydrogen) atoms. The molecule has 4 aromatic carbocycles. The summed E-state index contributed by atoms with van der Waals surface area (Å²) in [6.07, 6.45) is 12.1. The summed E-state index contributed by atoms with van der Waals surface area (Å²) in [6, 6.07) is 31.4. The number of para-hydroxylation sites is 2. The Balaban J connectivity index is 0.000000184. The zero-order valence-electron chi connectivity index (χ0n) is 43.0. The molecule has 1 atom stereocenters. The highest BCUT2D eigenvalue weighted by atomic mass is 35.6. The molecule has 1 aliphatic carbocycles. The number of allylic oxidation sites excluding steroid dienone is 5. The van der Waals surface area contributed by atoms with Crippen molar-refractivity contribution in [2.75, 3.05) is 31.4 Å². The zero-order chi connectivity index (χ0) is 60.7. The summed E-state index contributed by atoms with van der Waals surface area (Å²) >= 11 is 88.4. The third-order valence-corrected chi connectivity index (χ3v) is 14.0. The maximum Gasteiger partial charge on any atom is 0.250 e. The van der Waals surface area contributed by atoms with Gasteiger partial charge >= 0.3 is 0 Å². The van der Waals surface area contributed by atoms with Crippen molar-refractivity contribution in [3.05, 3.63) is 190 Å². The van der Waals surface area contributed by atoms with Gasteiger partial charge in [0.05, 0.1) is 19.9 Å². The summed E-state index contributed by atoms with van der Waals surface area (Å²) in [6.45, 7) is 4.93. The van der Waals surface area contributed by atoms with E-state index in [1.165, 1.54) is 5.56 Å². The van der Waals surface area contributed by atoms with Crippen molar-refractivity contribution in [1.82, 2.24) is 44.9 Å². The molecule has 2 N–H and O–H groups in total. The molecule has 1 unspecified atom stereocenters. The Morgan fingerprint density at radius 1 is 0.518 bits per heavy atom. The van der Waals surface area contributed by atoms with Gasteiger partial charge in [0.25, 0.3) is 0 Å². The van der Waals surface area contributed by atoms with Crippen LogP contribution in [0.5, 0.6) is 17.2 Å². The molecular formula is C54H40Cl15N11O3. The number of rotatable bonds is 10. The molecule has 14 nitrogen and oxygen atoms in total. The van der Waals surface area contributed by atoms with Gasteiger partial charge in [-0.15, -0.1) is 0 Å². The maximum atomic E-state index is 6.00. The minimum absolute atomic E-state index is 0.0132. The van der Waals surface area contributed by atoms with Crippen LogP contribution < -0.4 is 24.8 Å². The Hall–Kier alpha value is -4.04. The van der Waals surface area contributed by atoms with E-state index in [2.05, 4.69) is 63.9 Å². The Bertz CT molecular complexity index is 3530. The molecule has 7 aromatic rings. The molecule has 1 aliphatic heterocycles. The number of halogens is 15. The number of hydrogen-bond donors (Lipinski definition) is 1. The summed E-state index contributed by atoms with van der Waals surface area (Å²) in [5.74, 6) is 3.19. The van der Waals surface area contributed by atoms with E-state index in [9.17, 15) is 0 Å². The second-order valence-electron chi connectivity index (χ2n) is 17.0. The second kappa shape index (κ2) is 28.2. The summed E-state index contributed by atoms with van der Waals surface area (Å²) in [7, 11) is 3.25. The molecule has 3 aromatic heterocycles. The number of aromatic nitrogens is 9. The molecule has 2 aliphatic rings. The average molecular weight is 1420 g/mol. The molecule has 0 spiro atoms. The number of benzene rings is 4. The highest BCUT2D eigenvalue weighted by Crippen LogP contribution is 2.48. The molecule has 0 saturated carbocycles. The van der Waals surface area contributed by atoms with Crippen LogP contribution in [-0.4, -0.2) is 65.6 Å². The fourth-order valence-electron chi connectivity index (χ4n) is 7.82. The molecule has 0 amide bonds. The topological polar surface area (TPSA) is 173 Å². The first-order chi connectivity index (χ1) is 39.0. The van der Waals surface area contributed by atoms with Gasteiger partial charge in [0.1, 0.15) is 11.5 Å². The van der Waals surface area contributed by atoms with Gasteiger partial charge in [-0.2, -0.15) is 9.97 Å². The van der Waals surface area contributed by atoms with E-state index in [0.29, 0.717) is 11.7 Å². The average Bonchev–Trinajstić information content (AvgIpc) is 3.32. The molecule has 9 rings (SSSR count). The standard InChI is InChI=1S/C24H17Cl6N3O.C17H12Cl6N4O.C13H11Cl3N4O/c1-13-16-5-3-4-6-17(16)18(20(13)14-7-9-15(34-2)10-8-14)11-12-19-31-21(23(25,26)27)33-22(32-19)24(28,29)30;1-2-27-10-6-3-4-7-11(10)28-13(27)9-5-8-12-24-14(16(18,19)20)26-15(25-12)17(21,22)23;1-21-9-5-2-8(3-6-9)4-7-10-18-11(13(14,15)16)20-12(17)19-10/h3-13H,1-2H3;3-9H,2H2,1H3;2-7H,1H3,(H2,17,18,19,20). The van der Waals surface area contributed by atoms with E-state index in [0.717, 1.165) is 57.3 Å². The number of nitrogen functional groups attached to an aromatic ring is 1. The summed E-state index contributed by atoms with van der Waals surface area (Å²) in [4.78, 5) is 38.5. The Labute approximate surface area is 552 Å². The predicted molar refractivity (Wildman–Crippen MR) is 343 cm³/mol. The largest absolute Gasteiger partial charge is 0.497 e. The van der Waals surface area contributed by atoms with Gasteiger partial charge in [-0.05, 0) is 101 Å². The highest BCUT2D eigenvalue weighted by molar-refractivity contribution is 6.68. The van der Waals surface area contributed by atoms with Crippen molar-refractivity contribution in [3.8, 4) is 17.2 Å². The third kappa shape index (κ3) is 18.0. The smallest absolute Gasteiger partial charge is 0.250 e. The lowest BCUT2D eigenvalue weighted by Gasteiger charge is -2.15. The lowest BCUT2D eigenvalue weighted by Crippen LogP contribution is -2.19. The highest BCUT2D eigenvalue weighted by Gasteiger charge is 2.36. The molecule has 0 fully saturated rings. The lowest BCUT2D eigenvalue weighted by molar-refractivity contribution is 0.414. The van der Waals surface area contributed by atoms with Gasteiger partial charge in [-0.3, -0.25) is 0 Å². The second-order valence-corrected chi connectivity index (χ2v) is 28.4. The van der Waals surface area contributed by atoms with Crippen molar-refractivity contribution in [1.29, 1.82) is 0 Å². The van der Waals surface area contributed by atoms with Crippen LogP contribution in [0.15, 0.2) is 121 Å². The third-order valence-electron chi connectivity index (χ3n) is 11.5. The number of ether oxygens (including phenoxy) is 3. The van der Waals surface area contributed by atoms with E-state index >= 15 is 0 Å². The van der Waals surface area contributed by atoms with Gasteiger partial charge in [-0.25, -0.2) is 34.9 Å². The number of nitrogens with two attached hydrogens (primary N) is 1. The first-order valence-corrected chi connectivity index (χ1v) is 29.4. The van der Waals surface area contributed by atoms with Crippen molar-refractivity contribution in [2.24, 2.45) is 0 Å². The van der Waals surface area contributed by atoms with Gasteiger partial charge < -0.3 is 24.8 Å². The van der Waals surface area contributed by atoms with Crippen LogP contribution in [0.25, 0.3) is 35.5 Å². The number of alkyl halides is 15. The monoisotopic (exact) mass is 1410 g/mol. The van der Waals surface area contributed by atoms with Crippen molar-refractivity contribution < 1.29 is 14.2 Å². The van der Waals surface area contributed by atoms with E-state index < -0.39 is 19.0 Å². The van der Waals surface area contributed by atoms with Crippen LogP contribution >= 0.6 is 174 Å². The number of methoxy groups -OCH3 is 2. The first kappa shape index (κ1) is 66.5. The minimum atomic E-state index is -1.92. The predicted octanol–water partition coefficient (Wildman–Crippen LogP) is 18.0. The molecule has 434 valence electrons. The fraction of sp³-hybridized carbons (Fsp3) is 0.204. The fourth-order valence-corrected chi connectivity index (χ4v) is 9.09. The molecule has 0 saturated heterocycles. The van der Waals surface area contributed by atoms with E-state index in [1.807, 2.05) is 103 Å². The van der Waals surface area contributed by atoms with E-state index in [-0.39, 0.29) is 52.6 Å². The molecule has 0 bridgehead atoms. The van der Waals surface area contributed by atoms with Crippen LogP contribution in [0, 0.1) is 0 Å².